The fourth-order valence-corrected chi connectivity index (χ4v) is 3.99. The largest absolute Gasteiger partial charge is 0.511 e. The highest BCUT2D eigenvalue weighted by molar-refractivity contribution is 14.0. The van der Waals surface area contributed by atoms with Crippen LogP contribution in [0.5, 0.6) is 0 Å². The third kappa shape index (κ3) is 6.60. The molecule has 1 atom stereocenters. The monoisotopic (exact) mass is 527 g/mol. The SMILES string of the molecule is CN=C(NCC(C)N(C)C1CC1)NC1CCN(S(=O)(=O)C(F)(F)F)CC1.I. The third-order valence-corrected chi connectivity index (χ3v) is 6.66. The number of guanidine groups is 1. The zero-order chi connectivity index (χ0) is 19.5. The van der Waals surface area contributed by atoms with Crippen LogP contribution in [0, 0.1) is 0 Å². The zero-order valence-corrected chi connectivity index (χ0v) is 18.9. The lowest BCUT2D eigenvalue weighted by Crippen LogP contribution is -2.52. The first kappa shape index (κ1) is 24.7. The van der Waals surface area contributed by atoms with Crippen LogP contribution in [-0.4, -0.2) is 80.9 Å². The molecule has 7 nitrogen and oxygen atoms in total. The van der Waals surface area contributed by atoms with Crippen LogP contribution in [0.4, 0.5) is 13.2 Å². The lowest BCUT2D eigenvalue weighted by molar-refractivity contribution is -0.0494. The van der Waals surface area contributed by atoms with Crippen molar-refractivity contribution < 1.29 is 21.6 Å². The van der Waals surface area contributed by atoms with Gasteiger partial charge in [0.15, 0.2) is 5.96 Å². The van der Waals surface area contributed by atoms with Crippen molar-refractivity contribution in [2.45, 2.75) is 56.2 Å². The second kappa shape index (κ2) is 9.92. The van der Waals surface area contributed by atoms with E-state index in [0.717, 1.165) is 0 Å². The summed E-state index contributed by atoms with van der Waals surface area (Å²) in [6.45, 7) is 2.52. The molecule has 0 aromatic carbocycles. The summed E-state index contributed by atoms with van der Waals surface area (Å²) in [5.74, 6) is 0.582. The molecule has 2 rings (SSSR count). The van der Waals surface area contributed by atoms with E-state index >= 15 is 0 Å². The van der Waals surface area contributed by atoms with Crippen LogP contribution in [0.1, 0.15) is 32.6 Å². The second-order valence-corrected chi connectivity index (χ2v) is 8.90. The highest BCUT2D eigenvalue weighted by Crippen LogP contribution is 2.29. The van der Waals surface area contributed by atoms with E-state index in [2.05, 4.69) is 34.5 Å². The van der Waals surface area contributed by atoms with E-state index in [1.807, 2.05) is 0 Å². The maximum atomic E-state index is 12.6. The predicted molar refractivity (Wildman–Crippen MR) is 110 cm³/mol. The summed E-state index contributed by atoms with van der Waals surface area (Å²) in [5, 5.41) is 6.40. The van der Waals surface area contributed by atoms with Crippen LogP contribution in [0.15, 0.2) is 4.99 Å². The Morgan fingerprint density at radius 2 is 1.81 bits per heavy atom. The Labute approximate surface area is 176 Å². The molecule has 1 saturated carbocycles. The molecule has 1 aliphatic carbocycles. The molecule has 2 fully saturated rings. The number of likely N-dealkylation sites (N-methyl/N-ethyl adjacent to an activating group) is 1. The van der Waals surface area contributed by atoms with Gasteiger partial charge in [-0.3, -0.25) is 9.89 Å². The lowest BCUT2D eigenvalue weighted by Gasteiger charge is -2.33. The van der Waals surface area contributed by atoms with Crippen molar-refractivity contribution in [1.29, 1.82) is 0 Å². The molecular weight excluding hydrogens is 498 g/mol. The number of aliphatic imine (C=N–C) groups is 1. The van der Waals surface area contributed by atoms with Crippen molar-refractivity contribution in [3.05, 3.63) is 0 Å². The van der Waals surface area contributed by atoms with Gasteiger partial charge in [-0.15, -0.1) is 24.0 Å². The fraction of sp³-hybridized carbons (Fsp3) is 0.933. The number of hydrogen-bond donors (Lipinski definition) is 2. The zero-order valence-electron chi connectivity index (χ0n) is 15.8. The van der Waals surface area contributed by atoms with Crippen molar-refractivity contribution >= 4 is 40.0 Å². The van der Waals surface area contributed by atoms with Gasteiger partial charge in [0.05, 0.1) is 0 Å². The van der Waals surface area contributed by atoms with Crippen molar-refractivity contribution in [2.24, 2.45) is 4.99 Å². The molecule has 160 valence electrons. The van der Waals surface area contributed by atoms with Gasteiger partial charge in [0.25, 0.3) is 0 Å². The quantitative estimate of drug-likeness (QED) is 0.312. The Hall–Kier alpha value is -0.340. The van der Waals surface area contributed by atoms with Gasteiger partial charge < -0.3 is 10.6 Å². The Balaban J connectivity index is 0.00000364. The molecule has 27 heavy (non-hydrogen) atoms. The topological polar surface area (TPSA) is 77.0 Å². The van der Waals surface area contributed by atoms with Gasteiger partial charge in [-0.1, -0.05) is 0 Å². The molecule has 0 aromatic heterocycles. The number of alkyl halides is 3. The molecular formula is C15H29F3IN5O2S. The average Bonchev–Trinajstić information content (AvgIpc) is 3.42. The molecule has 2 aliphatic rings. The number of nitrogens with one attached hydrogen (secondary N) is 2. The predicted octanol–water partition coefficient (Wildman–Crippen LogP) is 1.57. The molecule has 12 heteroatoms. The standard InChI is InChI=1S/C15H28F3N5O2S.HI/c1-11(22(3)13-4-5-13)10-20-14(19-2)21-12-6-8-23(9-7-12)26(24,25)15(16,17)18;/h11-13H,4-10H2,1-3H3,(H2,19,20,21);1H. The van der Waals surface area contributed by atoms with Gasteiger partial charge in [0.2, 0.25) is 0 Å². The molecule has 1 unspecified atom stereocenters. The Bertz CT molecular complexity index is 605. The van der Waals surface area contributed by atoms with Crippen LogP contribution < -0.4 is 10.6 Å². The van der Waals surface area contributed by atoms with Crippen LogP contribution in [0.25, 0.3) is 0 Å². The first-order valence-corrected chi connectivity index (χ1v) is 10.3. The average molecular weight is 527 g/mol. The van der Waals surface area contributed by atoms with Crippen LogP contribution in [0.3, 0.4) is 0 Å². The molecule has 0 radical (unpaired) electrons. The number of hydrogen-bond acceptors (Lipinski definition) is 4. The van der Waals surface area contributed by atoms with Gasteiger partial charge in [0.1, 0.15) is 0 Å². The van der Waals surface area contributed by atoms with Gasteiger partial charge in [-0.25, -0.2) is 8.42 Å². The summed E-state index contributed by atoms with van der Waals surface area (Å²) in [7, 11) is -1.51. The molecule has 0 amide bonds. The van der Waals surface area contributed by atoms with Crippen molar-refractivity contribution in [3.8, 4) is 0 Å². The molecule has 1 saturated heterocycles. The van der Waals surface area contributed by atoms with E-state index in [-0.39, 0.29) is 43.1 Å². The van der Waals surface area contributed by atoms with E-state index in [0.29, 0.717) is 41.7 Å². The minimum Gasteiger partial charge on any atom is -0.355 e. The van der Waals surface area contributed by atoms with Crippen molar-refractivity contribution in [3.63, 3.8) is 0 Å². The van der Waals surface area contributed by atoms with E-state index < -0.39 is 15.5 Å². The van der Waals surface area contributed by atoms with Crippen LogP contribution in [0.2, 0.25) is 0 Å². The number of nitrogens with zero attached hydrogens (tertiary/aromatic N) is 3. The van der Waals surface area contributed by atoms with E-state index in [4.69, 9.17) is 0 Å². The maximum absolute atomic E-state index is 12.6. The Morgan fingerprint density at radius 3 is 2.26 bits per heavy atom. The minimum atomic E-state index is -5.24. The minimum absolute atomic E-state index is 0. The molecule has 1 heterocycles. The van der Waals surface area contributed by atoms with Crippen molar-refractivity contribution in [2.75, 3.05) is 33.7 Å². The van der Waals surface area contributed by atoms with Gasteiger partial charge in [-0.05, 0) is 39.7 Å². The summed E-state index contributed by atoms with van der Waals surface area (Å²) in [6.07, 6.45) is 3.06. The lowest BCUT2D eigenvalue weighted by atomic mass is 10.1. The Morgan fingerprint density at radius 1 is 1.26 bits per heavy atom. The summed E-state index contributed by atoms with van der Waals surface area (Å²) in [5.41, 5.74) is -5.24. The number of sulfonamides is 1. The first-order valence-electron chi connectivity index (χ1n) is 8.81. The van der Waals surface area contributed by atoms with Gasteiger partial charge in [0, 0.05) is 44.8 Å². The smallest absolute Gasteiger partial charge is 0.355 e. The van der Waals surface area contributed by atoms with E-state index in [1.54, 1.807) is 7.05 Å². The van der Waals surface area contributed by atoms with Crippen LogP contribution >= 0.6 is 24.0 Å². The number of piperidine rings is 1. The van der Waals surface area contributed by atoms with Gasteiger partial charge in [-0.2, -0.15) is 17.5 Å². The Kier molecular flexibility index (Phi) is 9.07. The summed E-state index contributed by atoms with van der Waals surface area (Å²) in [4.78, 5) is 6.47. The third-order valence-electron chi connectivity index (χ3n) is 5.03. The van der Waals surface area contributed by atoms with Gasteiger partial charge >= 0.3 is 15.5 Å². The maximum Gasteiger partial charge on any atom is 0.511 e. The molecule has 0 spiro atoms. The van der Waals surface area contributed by atoms with Crippen molar-refractivity contribution in [1.82, 2.24) is 19.8 Å². The molecule has 1 aliphatic heterocycles. The number of halogens is 4. The highest BCUT2D eigenvalue weighted by Gasteiger charge is 2.50. The van der Waals surface area contributed by atoms with Crippen LogP contribution in [-0.2, 0) is 10.0 Å². The summed E-state index contributed by atoms with van der Waals surface area (Å²) in [6, 6.07) is 0.874. The summed E-state index contributed by atoms with van der Waals surface area (Å²) < 4.78 is 61.2. The highest BCUT2D eigenvalue weighted by atomic mass is 127. The number of rotatable bonds is 6. The normalized spacial score (nSPS) is 21.7. The summed E-state index contributed by atoms with van der Waals surface area (Å²) >= 11 is 0. The van der Waals surface area contributed by atoms with E-state index in [1.165, 1.54) is 12.8 Å². The fourth-order valence-electron chi connectivity index (χ4n) is 3.00. The second-order valence-electron chi connectivity index (χ2n) is 6.97. The molecule has 0 aromatic rings. The molecule has 2 N–H and O–H groups in total. The van der Waals surface area contributed by atoms with E-state index in [9.17, 15) is 21.6 Å². The first-order chi connectivity index (χ1) is 12.1. The molecule has 0 bridgehead atoms.